The minimum absolute atomic E-state index is 0.0125. The van der Waals surface area contributed by atoms with E-state index >= 15 is 0 Å². The molecule has 112 valence electrons. The Balaban J connectivity index is 2.01. The number of halogens is 2. The summed E-state index contributed by atoms with van der Waals surface area (Å²) in [6.07, 6.45) is 0.336. The molecule has 0 aliphatic carbocycles. The molecule has 1 aromatic carbocycles. The van der Waals surface area contributed by atoms with Crippen molar-refractivity contribution >= 4 is 34.8 Å². The number of rotatable bonds is 4. The maximum Gasteiger partial charge on any atom is 0.226 e. The summed E-state index contributed by atoms with van der Waals surface area (Å²) in [5, 5.41) is 8.09. The summed E-state index contributed by atoms with van der Waals surface area (Å²) in [5.74, 6) is -0.0894. The van der Waals surface area contributed by atoms with Crippen LogP contribution in [0, 0.1) is 13.8 Å². The molecular weight excluding hydrogens is 309 g/mol. The minimum atomic E-state index is -0.0894. The minimum Gasteiger partial charge on any atom is -0.326 e. The monoisotopic (exact) mass is 325 g/mol. The Morgan fingerprint density at radius 1 is 1.29 bits per heavy atom. The highest BCUT2D eigenvalue weighted by Crippen LogP contribution is 2.25. The van der Waals surface area contributed by atoms with Crippen LogP contribution >= 0.6 is 23.2 Å². The van der Waals surface area contributed by atoms with Gasteiger partial charge in [0, 0.05) is 17.8 Å². The fraction of sp³-hybridized carbons (Fsp3) is 0.333. The Morgan fingerprint density at radius 3 is 2.57 bits per heavy atom. The molecule has 6 heteroatoms. The van der Waals surface area contributed by atoms with Crippen molar-refractivity contribution in [3.8, 4) is 0 Å². The second-order valence-electron chi connectivity index (χ2n) is 5.10. The molecule has 0 spiro atoms. The van der Waals surface area contributed by atoms with Crippen LogP contribution in [0.5, 0.6) is 0 Å². The van der Waals surface area contributed by atoms with Crippen molar-refractivity contribution < 1.29 is 4.79 Å². The number of hydrogen-bond donors (Lipinski definition) is 1. The Bertz CT molecular complexity index is 667. The molecule has 2 aromatic rings. The lowest BCUT2D eigenvalue weighted by Gasteiger charge is -2.14. The van der Waals surface area contributed by atoms with E-state index in [9.17, 15) is 4.79 Å². The number of benzene rings is 1. The number of nitrogens with one attached hydrogen (secondary N) is 1. The van der Waals surface area contributed by atoms with Gasteiger partial charge < -0.3 is 5.32 Å². The van der Waals surface area contributed by atoms with Gasteiger partial charge in [-0.05, 0) is 45.0 Å². The molecule has 0 fully saturated rings. The van der Waals surface area contributed by atoms with Crippen LogP contribution < -0.4 is 5.32 Å². The average molecular weight is 326 g/mol. The summed E-state index contributed by atoms with van der Waals surface area (Å²) in [5.41, 5.74) is 2.63. The van der Waals surface area contributed by atoms with Crippen LogP contribution in [0.4, 0.5) is 5.69 Å². The van der Waals surface area contributed by atoms with Crippen molar-refractivity contribution in [3.05, 3.63) is 45.7 Å². The number of nitrogens with zero attached hydrogens (tertiary/aromatic N) is 2. The van der Waals surface area contributed by atoms with Crippen LogP contribution in [-0.2, 0) is 4.79 Å². The van der Waals surface area contributed by atoms with Crippen LogP contribution in [-0.4, -0.2) is 15.7 Å². The van der Waals surface area contributed by atoms with Gasteiger partial charge in [-0.1, -0.05) is 23.2 Å². The van der Waals surface area contributed by atoms with Crippen LogP contribution in [0.25, 0.3) is 0 Å². The molecule has 1 atom stereocenters. The van der Waals surface area contributed by atoms with Crippen LogP contribution in [0.15, 0.2) is 24.3 Å². The molecule has 0 aliphatic rings. The summed E-state index contributed by atoms with van der Waals surface area (Å²) in [6, 6.07) is 6.99. The number of anilines is 1. The van der Waals surface area contributed by atoms with Crippen molar-refractivity contribution in [1.82, 2.24) is 9.78 Å². The van der Waals surface area contributed by atoms with E-state index in [1.165, 1.54) is 0 Å². The lowest BCUT2D eigenvalue weighted by molar-refractivity contribution is -0.116. The molecule has 0 saturated heterocycles. The predicted molar refractivity (Wildman–Crippen MR) is 86.1 cm³/mol. The first-order valence-corrected chi connectivity index (χ1v) is 7.40. The number of aromatic nitrogens is 2. The normalized spacial score (nSPS) is 12.2. The zero-order chi connectivity index (χ0) is 15.6. The highest BCUT2D eigenvalue weighted by atomic mass is 35.5. The summed E-state index contributed by atoms with van der Waals surface area (Å²) < 4.78 is 1.86. The van der Waals surface area contributed by atoms with Gasteiger partial charge in [-0.2, -0.15) is 5.10 Å². The molecule has 4 nitrogen and oxygen atoms in total. The Kier molecular flexibility index (Phi) is 4.91. The smallest absolute Gasteiger partial charge is 0.226 e. The summed E-state index contributed by atoms with van der Waals surface area (Å²) in [4.78, 5) is 12.1. The van der Waals surface area contributed by atoms with Gasteiger partial charge in [-0.25, -0.2) is 0 Å². The molecule has 0 aliphatic heterocycles. The zero-order valence-electron chi connectivity index (χ0n) is 12.2. The number of carbonyl (C=O) groups is 1. The largest absolute Gasteiger partial charge is 0.326 e. The third kappa shape index (κ3) is 3.99. The summed E-state index contributed by atoms with van der Waals surface area (Å²) in [7, 11) is 0. The molecule has 1 aromatic heterocycles. The van der Waals surface area contributed by atoms with E-state index in [0.717, 1.165) is 11.4 Å². The zero-order valence-corrected chi connectivity index (χ0v) is 13.7. The van der Waals surface area contributed by atoms with Gasteiger partial charge >= 0.3 is 0 Å². The van der Waals surface area contributed by atoms with Gasteiger partial charge in [0.1, 0.15) is 0 Å². The first-order valence-electron chi connectivity index (χ1n) is 6.64. The first-order chi connectivity index (χ1) is 9.86. The van der Waals surface area contributed by atoms with Crippen molar-refractivity contribution in [1.29, 1.82) is 0 Å². The van der Waals surface area contributed by atoms with Crippen molar-refractivity contribution in [3.63, 3.8) is 0 Å². The lowest BCUT2D eigenvalue weighted by atomic mass is 10.2. The maximum atomic E-state index is 12.1. The third-order valence-corrected chi connectivity index (χ3v) is 3.89. The third-order valence-electron chi connectivity index (χ3n) is 3.15. The lowest BCUT2D eigenvalue weighted by Crippen LogP contribution is -2.19. The highest BCUT2D eigenvalue weighted by Gasteiger charge is 2.14. The fourth-order valence-corrected chi connectivity index (χ4v) is 2.53. The van der Waals surface area contributed by atoms with Gasteiger partial charge in [-0.15, -0.1) is 0 Å². The molecular formula is C15H17Cl2N3O. The Morgan fingerprint density at radius 2 is 2.00 bits per heavy atom. The van der Waals surface area contributed by atoms with E-state index in [2.05, 4.69) is 10.4 Å². The van der Waals surface area contributed by atoms with Crippen LogP contribution in [0.2, 0.25) is 10.0 Å². The van der Waals surface area contributed by atoms with E-state index < -0.39 is 0 Å². The highest BCUT2D eigenvalue weighted by molar-refractivity contribution is 6.42. The molecule has 0 unspecified atom stereocenters. The molecule has 0 bridgehead atoms. The second-order valence-corrected chi connectivity index (χ2v) is 5.92. The number of carbonyl (C=O) groups excluding carboxylic acids is 1. The summed E-state index contributed by atoms with van der Waals surface area (Å²) in [6.45, 7) is 5.88. The molecule has 21 heavy (non-hydrogen) atoms. The second kappa shape index (κ2) is 6.50. The topological polar surface area (TPSA) is 46.9 Å². The quantitative estimate of drug-likeness (QED) is 0.905. The molecule has 1 heterocycles. The Labute approximate surface area is 134 Å². The van der Waals surface area contributed by atoms with E-state index in [4.69, 9.17) is 23.2 Å². The number of hydrogen-bond acceptors (Lipinski definition) is 2. The van der Waals surface area contributed by atoms with E-state index in [1.807, 2.05) is 31.5 Å². The molecule has 1 amide bonds. The predicted octanol–water partition coefficient (Wildman–Crippen LogP) is 4.40. The van der Waals surface area contributed by atoms with E-state index in [0.29, 0.717) is 22.2 Å². The van der Waals surface area contributed by atoms with E-state index in [1.54, 1.807) is 18.2 Å². The number of amides is 1. The maximum absolute atomic E-state index is 12.1. The van der Waals surface area contributed by atoms with Gasteiger partial charge in [0.25, 0.3) is 0 Å². The average Bonchev–Trinajstić information content (AvgIpc) is 2.73. The van der Waals surface area contributed by atoms with Crippen LogP contribution in [0.3, 0.4) is 0 Å². The van der Waals surface area contributed by atoms with Crippen molar-refractivity contribution in [2.45, 2.75) is 33.2 Å². The van der Waals surface area contributed by atoms with E-state index in [-0.39, 0.29) is 11.9 Å². The van der Waals surface area contributed by atoms with Crippen molar-refractivity contribution in [2.24, 2.45) is 0 Å². The first kappa shape index (κ1) is 15.9. The molecule has 0 saturated carbocycles. The van der Waals surface area contributed by atoms with Gasteiger partial charge in [-0.3, -0.25) is 9.48 Å². The van der Waals surface area contributed by atoms with Gasteiger partial charge in [0.05, 0.1) is 21.8 Å². The van der Waals surface area contributed by atoms with Crippen LogP contribution in [0.1, 0.15) is 30.8 Å². The van der Waals surface area contributed by atoms with Crippen molar-refractivity contribution in [2.75, 3.05) is 5.32 Å². The number of aryl methyl sites for hydroxylation is 2. The molecule has 0 radical (unpaired) electrons. The molecule has 1 N–H and O–H groups in total. The SMILES string of the molecule is Cc1cc(C)n([C@@H](C)CC(=O)Nc2ccc(Cl)c(Cl)c2)n1. The van der Waals surface area contributed by atoms with Gasteiger partial charge in [0.15, 0.2) is 0 Å². The van der Waals surface area contributed by atoms with Gasteiger partial charge in [0.2, 0.25) is 5.91 Å². The summed E-state index contributed by atoms with van der Waals surface area (Å²) >= 11 is 11.8. The Hall–Kier alpha value is -1.52. The standard InChI is InChI=1S/C15H17Cl2N3O/c1-9-6-10(2)20(19-9)11(3)7-15(21)18-12-4-5-13(16)14(17)8-12/h4-6,8,11H,7H2,1-3H3,(H,18,21)/t11-/m0/s1. The fourth-order valence-electron chi connectivity index (χ4n) is 2.23. The molecule has 2 rings (SSSR count).